The van der Waals surface area contributed by atoms with Crippen molar-refractivity contribution in [2.45, 2.75) is 6.92 Å². The zero-order valence-corrected chi connectivity index (χ0v) is 15.5. The molecule has 7 heteroatoms. The van der Waals surface area contributed by atoms with Gasteiger partial charge in [-0.25, -0.2) is 4.79 Å². The summed E-state index contributed by atoms with van der Waals surface area (Å²) >= 11 is 4.54. The quantitative estimate of drug-likeness (QED) is 0.637. The van der Waals surface area contributed by atoms with Crippen molar-refractivity contribution in [3.8, 4) is 11.1 Å². The fourth-order valence-electron chi connectivity index (χ4n) is 2.28. The van der Waals surface area contributed by atoms with Crippen LogP contribution in [0.2, 0.25) is 0 Å². The molecule has 3 aromatic rings. The molecule has 0 fully saturated rings. The number of aryl methyl sites for hydroxylation is 1. The molecule has 0 atom stereocenters. The van der Waals surface area contributed by atoms with Gasteiger partial charge in [-0.1, -0.05) is 28.1 Å². The van der Waals surface area contributed by atoms with E-state index in [1.165, 1.54) is 17.5 Å². The fraction of sp³-hybridized carbons (Fsp3) is 0.0556. The Morgan fingerprint density at radius 1 is 1.16 bits per heavy atom. The normalized spacial score (nSPS) is 10.5. The van der Waals surface area contributed by atoms with E-state index >= 15 is 0 Å². The standard InChI is InChI=1S/C18H13BrN2O3S/c1-10-2-3-12(8-20-10)16(22)21-17-15(18(23)24)14(9-25-17)11-4-6-13(19)7-5-11/h2-9H,1H3,(H,21,22)(H,23,24). The van der Waals surface area contributed by atoms with Gasteiger partial charge in [0.05, 0.1) is 5.56 Å². The summed E-state index contributed by atoms with van der Waals surface area (Å²) in [5, 5.41) is 14.3. The average molecular weight is 417 g/mol. The monoisotopic (exact) mass is 416 g/mol. The molecule has 0 radical (unpaired) electrons. The molecule has 0 aliphatic heterocycles. The second-order valence-electron chi connectivity index (χ2n) is 5.31. The summed E-state index contributed by atoms with van der Waals surface area (Å²) in [5.74, 6) is -1.48. The van der Waals surface area contributed by atoms with Gasteiger partial charge in [-0.15, -0.1) is 11.3 Å². The molecule has 2 aromatic heterocycles. The molecule has 3 rings (SSSR count). The highest BCUT2D eigenvalue weighted by Gasteiger charge is 2.21. The van der Waals surface area contributed by atoms with Gasteiger partial charge >= 0.3 is 5.97 Å². The summed E-state index contributed by atoms with van der Waals surface area (Å²) in [6.45, 7) is 1.83. The number of thiophene rings is 1. The predicted molar refractivity (Wildman–Crippen MR) is 101 cm³/mol. The maximum atomic E-state index is 12.3. The minimum Gasteiger partial charge on any atom is -0.478 e. The molecule has 5 nitrogen and oxygen atoms in total. The zero-order chi connectivity index (χ0) is 18.0. The van der Waals surface area contributed by atoms with E-state index in [2.05, 4.69) is 26.2 Å². The van der Waals surface area contributed by atoms with Crippen LogP contribution < -0.4 is 5.32 Å². The minimum atomic E-state index is -1.09. The summed E-state index contributed by atoms with van der Waals surface area (Å²) in [7, 11) is 0. The largest absolute Gasteiger partial charge is 0.478 e. The van der Waals surface area contributed by atoms with Crippen molar-refractivity contribution in [1.82, 2.24) is 4.98 Å². The van der Waals surface area contributed by atoms with Crippen LogP contribution in [0.4, 0.5) is 5.00 Å². The second kappa shape index (κ2) is 7.16. The van der Waals surface area contributed by atoms with Gasteiger partial charge in [-0.05, 0) is 36.8 Å². The molecule has 2 heterocycles. The number of amides is 1. The summed E-state index contributed by atoms with van der Waals surface area (Å²) in [6.07, 6.45) is 1.47. The van der Waals surface area contributed by atoms with Gasteiger partial charge in [0.2, 0.25) is 0 Å². The topological polar surface area (TPSA) is 79.3 Å². The Kier molecular flexibility index (Phi) is 4.96. The lowest BCUT2D eigenvalue weighted by Crippen LogP contribution is -2.13. The van der Waals surface area contributed by atoms with Crippen LogP contribution in [0, 0.1) is 6.92 Å². The number of hydrogen-bond acceptors (Lipinski definition) is 4. The maximum Gasteiger partial charge on any atom is 0.339 e. The molecule has 25 heavy (non-hydrogen) atoms. The lowest BCUT2D eigenvalue weighted by Gasteiger charge is -2.06. The van der Waals surface area contributed by atoms with E-state index in [1.54, 1.807) is 17.5 Å². The van der Waals surface area contributed by atoms with Crippen molar-refractivity contribution < 1.29 is 14.7 Å². The smallest absolute Gasteiger partial charge is 0.339 e. The van der Waals surface area contributed by atoms with Crippen LogP contribution in [0.5, 0.6) is 0 Å². The van der Waals surface area contributed by atoms with Crippen molar-refractivity contribution in [2.75, 3.05) is 5.32 Å². The first-order valence-electron chi connectivity index (χ1n) is 7.30. The summed E-state index contributed by atoms with van der Waals surface area (Å²) < 4.78 is 0.906. The number of carboxylic acids is 1. The van der Waals surface area contributed by atoms with Crippen molar-refractivity contribution in [3.63, 3.8) is 0 Å². The number of aromatic carboxylic acids is 1. The molecule has 126 valence electrons. The molecule has 2 N–H and O–H groups in total. The third kappa shape index (κ3) is 3.78. The number of rotatable bonds is 4. The number of nitrogens with zero attached hydrogens (tertiary/aromatic N) is 1. The highest BCUT2D eigenvalue weighted by Crippen LogP contribution is 2.36. The second-order valence-corrected chi connectivity index (χ2v) is 7.10. The number of anilines is 1. The van der Waals surface area contributed by atoms with Crippen molar-refractivity contribution in [3.05, 3.63) is 69.3 Å². The van der Waals surface area contributed by atoms with E-state index in [9.17, 15) is 14.7 Å². The highest BCUT2D eigenvalue weighted by atomic mass is 79.9. The van der Waals surface area contributed by atoms with Crippen LogP contribution in [0.1, 0.15) is 26.4 Å². The van der Waals surface area contributed by atoms with Crippen LogP contribution in [0.15, 0.2) is 52.4 Å². The third-order valence-corrected chi connectivity index (χ3v) is 4.98. The van der Waals surface area contributed by atoms with E-state index < -0.39 is 5.97 Å². The number of carbonyl (C=O) groups is 2. The first-order valence-corrected chi connectivity index (χ1v) is 8.97. The number of nitrogens with one attached hydrogen (secondary N) is 1. The van der Waals surface area contributed by atoms with Crippen LogP contribution in [0.3, 0.4) is 0 Å². The Balaban J connectivity index is 1.94. The molecular formula is C18H13BrN2O3S. The SMILES string of the molecule is Cc1ccc(C(=O)Nc2scc(-c3ccc(Br)cc3)c2C(=O)O)cn1. The van der Waals surface area contributed by atoms with Gasteiger partial charge in [0.15, 0.2) is 0 Å². The van der Waals surface area contributed by atoms with Crippen molar-refractivity contribution >= 4 is 44.1 Å². The van der Waals surface area contributed by atoms with E-state index in [0.717, 1.165) is 15.7 Å². The molecule has 1 aromatic carbocycles. The Morgan fingerprint density at radius 2 is 1.88 bits per heavy atom. The molecule has 0 unspecified atom stereocenters. The third-order valence-electron chi connectivity index (χ3n) is 3.56. The number of carbonyl (C=O) groups excluding carboxylic acids is 1. The number of halogens is 1. The number of benzene rings is 1. The first-order chi connectivity index (χ1) is 12.0. The zero-order valence-electron chi connectivity index (χ0n) is 13.1. The fourth-order valence-corrected chi connectivity index (χ4v) is 3.50. The van der Waals surface area contributed by atoms with Gasteiger partial charge in [0.1, 0.15) is 10.6 Å². The Morgan fingerprint density at radius 3 is 2.48 bits per heavy atom. The van der Waals surface area contributed by atoms with Gasteiger partial charge in [-0.2, -0.15) is 0 Å². The summed E-state index contributed by atoms with van der Waals surface area (Å²) in [5.41, 5.74) is 2.61. The van der Waals surface area contributed by atoms with Crippen molar-refractivity contribution in [1.29, 1.82) is 0 Å². The maximum absolute atomic E-state index is 12.3. The van der Waals surface area contributed by atoms with E-state index in [0.29, 0.717) is 16.1 Å². The molecular weight excluding hydrogens is 404 g/mol. The van der Waals surface area contributed by atoms with Crippen LogP contribution in [-0.2, 0) is 0 Å². The van der Waals surface area contributed by atoms with E-state index in [1.807, 2.05) is 31.2 Å². The number of hydrogen-bond donors (Lipinski definition) is 2. The summed E-state index contributed by atoms with van der Waals surface area (Å²) in [4.78, 5) is 28.2. The Bertz CT molecular complexity index is 934. The van der Waals surface area contributed by atoms with Crippen molar-refractivity contribution in [2.24, 2.45) is 0 Å². The molecule has 0 aliphatic rings. The molecule has 0 bridgehead atoms. The van der Waals surface area contributed by atoms with E-state index in [-0.39, 0.29) is 11.5 Å². The Hall–Kier alpha value is -2.51. The van der Waals surface area contributed by atoms with E-state index in [4.69, 9.17) is 0 Å². The first kappa shape index (κ1) is 17.3. The molecule has 0 spiro atoms. The number of carboxylic acid groups (broad SMARTS) is 1. The van der Waals surface area contributed by atoms with Gasteiger partial charge in [-0.3, -0.25) is 9.78 Å². The predicted octanol–water partition coefficient (Wildman–Crippen LogP) is 4.83. The highest BCUT2D eigenvalue weighted by molar-refractivity contribution is 9.10. The molecule has 0 saturated carbocycles. The molecule has 1 amide bonds. The summed E-state index contributed by atoms with van der Waals surface area (Å²) in [6, 6.07) is 10.7. The number of aromatic nitrogens is 1. The lowest BCUT2D eigenvalue weighted by molar-refractivity contribution is 0.0699. The minimum absolute atomic E-state index is 0.0840. The molecule has 0 saturated heterocycles. The van der Waals surface area contributed by atoms with Crippen LogP contribution >= 0.6 is 27.3 Å². The number of pyridine rings is 1. The molecule has 0 aliphatic carbocycles. The van der Waals surface area contributed by atoms with Gasteiger partial charge < -0.3 is 10.4 Å². The van der Waals surface area contributed by atoms with Gasteiger partial charge in [0, 0.05) is 27.3 Å². The van der Waals surface area contributed by atoms with Gasteiger partial charge in [0.25, 0.3) is 5.91 Å². The van der Waals surface area contributed by atoms with Crippen LogP contribution in [-0.4, -0.2) is 22.0 Å². The average Bonchev–Trinajstić information content (AvgIpc) is 3.00. The Labute approximate surface area is 156 Å². The lowest BCUT2D eigenvalue weighted by atomic mass is 10.0. The van der Waals surface area contributed by atoms with Crippen LogP contribution in [0.25, 0.3) is 11.1 Å².